The van der Waals surface area contributed by atoms with E-state index in [1.165, 1.54) is 24.8 Å². The lowest BCUT2D eigenvalue weighted by Gasteiger charge is -2.14. The zero-order chi connectivity index (χ0) is 12.8. The zero-order valence-electron chi connectivity index (χ0n) is 11.1. The van der Waals surface area contributed by atoms with Crippen LogP contribution in [0, 0.1) is 0 Å². The minimum Gasteiger partial charge on any atom is -0.496 e. The molecule has 3 heteroatoms. The number of hydrogen-bond acceptors (Lipinski definition) is 3. The molecule has 0 atom stereocenters. The number of hydrogen-bond donors (Lipinski definition) is 0. The number of rotatable bonds is 5. The smallest absolute Gasteiger partial charge is 0.127 e. The van der Waals surface area contributed by atoms with Crippen molar-refractivity contribution in [1.29, 1.82) is 0 Å². The molecule has 0 aliphatic heterocycles. The van der Waals surface area contributed by atoms with Crippen LogP contribution in [0.2, 0.25) is 0 Å². The first-order chi connectivity index (χ1) is 8.81. The highest BCUT2D eigenvalue weighted by Gasteiger charge is 2.06. The Bertz CT molecular complexity index is 401. The molecule has 3 nitrogen and oxygen atoms in total. The van der Waals surface area contributed by atoms with E-state index in [-0.39, 0.29) is 0 Å². The fourth-order valence-corrected chi connectivity index (χ4v) is 2.08. The van der Waals surface area contributed by atoms with Crippen molar-refractivity contribution in [3.63, 3.8) is 0 Å². The molecule has 0 spiro atoms. The molecular weight excluding hydrogens is 228 g/mol. The van der Waals surface area contributed by atoms with Crippen LogP contribution in [0.4, 0.5) is 0 Å². The number of methoxy groups -OCH3 is 2. The third-order valence-corrected chi connectivity index (χ3v) is 3.13. The molecule has 1 aliphatic rings. The SMILES string of the molecule is COc1cc(OC)cc(OCC2=CCCCC2)c1. The van der Waals surface area contributed by atoms with E-state index in [9.17, 15) is 0 Å². The average Bonchev–Trinajstić information content (AvgIpc) is 2.45. The Kier molecular flexibility index (Phi) is 4.51. The fourth-order valence-electron chi connectivity index (χ4n) is 2.08. The van der Waals surface area contributed by atoms with Crippen molar-refractivity contribution in [2.24, 2.45) is 0 Å². The van der Waals surface area contributed by atoms with Gasteiger partial charge in [-0.05, 0) is 31.3 Å². The Morgan fingerprint density at radius 1 is 0.944 bits per heavy atom. The van der Waals surface area contributed by atoms with Gasteiger partial charge in [-0.1, -0.05) is 6.08 Å². The summed E-state index contributed by atoms with van der Waals surface area (Å²) in [5.74, 6) is 2.29. The second-order valence-corrected chi connectivity index (χ2v) is 4.45. The summed E-state index contributed by atoms with van der Waals surface area (Å²) in [7, 11) is 3.28. The standard InChI is InChI=1S/C15H20O3/c1-16-13-8-14(17-2)10-15(9-13)18-11-12-6-4-3-5-7-12/h6,8-10H,3-5,7,11H2,1-2H3. The molecule has 0 fully saturated rings. The summed E-state index contributed by atoms with van der Waals surface area (Å²) in [4.78, 5) is 0. The predicted octanol–water partition coefficient (Wildman–Crippen LogP) is 3.58. The van der Waals surface area contributed by atoms with Crippen molar-refractivity contribution in [2.75, 3.05) is 20.8 Å². The average molecular weight is 248 g/mol. The number of allylic oxidation sites excluding steroid dienone is 1. The molecule has 0 heterocycles. The molecule has 2 rings (SSSR count). The van der Waals surface area contributed by atoms with E-state index in [2.05, 4.69) is 6.08 Å². The van der Waals surface area contributed by atoms with Crippen LogP contribution in [0.3, 0.4) is 0 Å². The molecule has 0 saturated carbocycles. The first kappa shape index (κ1) is 12.8. The van der Waals surface area contributed by atoms with Gasteiger partial charge in [-0.25, -0.2) is 0 Å². The predicted molar refractivity (Wildman–Crippen MR) is 71.6 cm³/mol. The first-order valence-electron chi connectivity index (χ1n) is 6.35. The van der Waals surface area contributed by atoms with Gasteiger partial charge in [0.15, 0.2) is 0 Å². The largest absolute Gasteiger partial charge is 0.496 e. The summed E-state index contributed by atoms with van der Waals surface area (Å²) in [5.41, 5.74) is 1.39. The van der Waals surface area contributed by atoms with Gasteiger partial charge in [-0.15, -0.1) is 0 Å². The fraction of sp³-hybridized carbons (Fsp3) is 0.467. The topological polar surface area (TPSA) is 27.7 Å². The molecular formula is C15H20O3. The second kappa shape index (κ2) is 6.34. The van der Waals surface area contributed by atoms with Gasteiger partial charge in [0.05, 0.1) is 14.2 Å². The molecule has 0 aromatic heterocycles. The van der Waals surface area contributed by atoms with Gasteiger partial charge < -0.3 is 14.2 Å². The Balaban J connectivity index is 2.01. The number of benzene rings is 1. The van der Waals surface area contributed by atoms with Crippen molar-refractivity contribution in [2.45, 2.75) is 25.7 Å². The van der Waals surface area contributed by atoms with Gasteiger partial charge in [0.2, 0.25) is 0 Å². The Morgan fingerprint density at radius 2 is 1.61 bits per heavy atom. The molecule has 1 aliphatic carbocycles. The van der Waals surface area contributed by atoms with Crippen molar-refractivity contribution >= 4 is 0 Å². The van der Waals surface area contributed by atoms with E-state index >= 15 is 0 Å². The summed E-state index contributed by atoms with van der Waals surface area (Å²) in [5, 5.41) is 0. The molecule has 98 valence electrons. The Hall–Kier alpha value is -1.64. The van der Waals surface area contributed by atoms with E-state index in [0.717, 1.165) is 23.7 Å². The molecule has 1 aromatic rings. The quantitative estimate of drug-likeness (QED) is 0.745. The summed E-state index contributed by atoms with van der Waals surface area (Å²) < 4.78 is 16.2. The van der Waals surface area contributed by atoms with E-state index < -0.39 is 0 Å². The van der Waals surface area contributed by atoms with E-state index in [1.807, 2.05) is 18.2 Å². The zero-order valence-corrected chi connectivity index (χ0v) is 11.1. The number of ether oxygens (including phenoxy) is 3. The molecule has 0 amide bonds. The van der Waals surface area contributed by atoms with Crippen LogP contribution in [0.1, 0.15) is 25.7 Å². The highest BCUT2D eigenvalue weighted by Crippen LogP contribution is 2.28. The molecule has 18 heavy (non-hydrogen) atoms. The van der Waals surface area contributed by atoms with Gasteiger partial charge in [-0.3, -0.25) is 0 Å². The van der Waals surface area contributed by atoms with Gasteiger partial charge in [0.25, 0.3) is 0 Å². The summed E-state index contributed by atoms with van der Waals surface area (Å²) in [6.45, 7) is 0.663. The Morgan fingerprint density at radius 3 is 2.17 bits per heavy atom. The minimum absolute atomic E-state index is 0.663. The maximum absolute atomic E-state index is 5.80. The first-order valence-corrected chi connectivity index (χ1v) is 6.35. The van der Waals surface area contributed by atoms with E-state index in [4.69, 9.17) is 14.2 Å². The van der Waals surface area contributed by atoms with E-state index in [1.54, 1.807) is 14.2 Å². The van der Waals surface area contributed by atoms with Gasteiger partial charge in [0.1, 0.15) is 23.9 Å². The van der Waals surface area contributed by atoms with Crippen LogP contribution >= 0.6 is 0 Å². The van der Waals surface area contributed by atoms with Gasteiger partial charge >= 0.3 is 0 Å². The lowest BCUT2D eigenvalue weighted by Crippen LogP contribution is -2.04. The van der Waals surface area contributed by atoms with Gasteiger partial charge in [-0.2, -0.15) is 0 Å². The molecule has 0 radical (unpaired) electrons. The van der Waals surface area contributed by atoms with Crippen molar-refractivity contribution in [1.82, 2.24) is 0 Å². The molecule has 0 unspecified atom stereocenters. The van der Waals surface area contributed by atoms with E-state index in [0.29, 0.717) is 6.61 Å². The maximum Gasteiger partial charge on any atom is 0.127 e. The normalized spacial score (nSPS) is 14.9. The summed E-state index contributed by atoms with van der Waals surface area (Å²) in [6, 6.07) is 5.60. The van der Waals surface area contributed by atoms with Crippen LogP contribution in [-0.4, -0.2) is 20.8 Å². The van der Waals surface area contributed by atoms with Crippen LogP contribution < -0.4 is 14.2 Å². The van der Waals surface area contributed by atoms with Crippen molar-refractivity contribution in [3.8, 4) is 17.2 Å². The highest BCUT2D eigenvalue weighted by atomic mass is 16.5. The molecule has 1 aromatic carbocycles. The van der Waals surface area contributed by atoms with Crippen molar-refractivity contribution in [3.05, 3.63) is 29.8 Å². The summed E-state index contributed by atoms with van der Waals surface area (Å²) in [6.07, 6.45) is 7.20. The lowest BCUT2D eigenvalue weighted by atomic mass is 10.0. The van der Waals surface area contributed by atoms with Crippen molar-refractivity contribution < 1.29 is 14.2 Å². The molecule has 0 N–H and O–H groups in total. The lowest BCUT2D eigenvalue weighted by molar-refractivity contribution is 0.333. The summed E-state index contributed by atoms with van der Waals surface area (Å²) >= 11 is 0. The van der Waals surface area contributed by atoms with Gasteiger partial charge in [0, 0.05) is 18.2 Å². The van der Waals surface area contributed by atoms with Crippen LogP contribution in [-0.2, 0) is 0 Å². The molecule has 0 bridgehead atoms. The monoisotopic (exact) mass is 248 g/mol. The van der Waals surface area contributed by atoms with Crippen LogP contribution in [0.5, 0.6) is 17.2 Å². The highest BCUT2D eigenvalue weighted by molar-refractivity contribution is 5.42. The third kappa shape index (κ3) is 3.42. The minimum atomic E-state index is 0.663. The molecule has 0 saturated heterocycles. The maximum atomic E-state index is 5.80. The van der Waals surface area contributed by atoms with Crippen LogP contribution in [0.25, 0.3) is 0 Å². The second-order valence-electron chi connectivity index (χ2n) is 4.45. The third-order valence-electron chi connectivity index (χ3n) is 3.13. The van der Waals surface area contributed by atoms with Crippen LogP contribution in [0.15, 0.2) is 29.8 Å². The Labute approximate surface area is 108 Å².